The standard InChI is InChI=1S/C24H30N8O3S/c1-3-35-22(33)14-25-10-11-26-19-13-20(28-21-12-15(2)31-32-21)30-24(29-19)36-18-8-6-17(7-9-18)27-23(34)16-4-5-16/h6-9,12-13,16,25H,3-5,10-11,14H2,1-2H3,(H,27,34)(H3,26,28,29,30,31,32). The van der Waals surface area contributed by atoms with Crippen LogP contribution in [0, 0.1) is 12.8 Å². The van der Waals surface area contributed by atoms with Gasteiger partial charge < -0.3 is 26.0 Å². The quantitative estimate of drug-likeness (QED) is 0.132. The van der Waals surface area contributed by atoms with Gasteiger partial charge in [-0.3, -0.25) is 14.7 Å². The van der Waals surface area contributed by atoms with Crippen LogP contribution in [0.1, 0.15) is 25.5 Å². The topological polar surface area (TPSA) is 146 Å². The fourth-order valence-electron chi connectivity index (χ4n) is 3.22. The molecule has 3 aromatic rings. The van der Waals surface area contributed by atoms with Gasteiger partial charge in [0.15, 0.2) is 11.0 Å². The maximum atomic E-state index is 12.0. The van der Waals surface area contributed by atoms with Crippen molar-refractivity contribution in [2.45, 2.75) is 36.7 Å². The molecule has 1 fully saturated rings. The van der Waals surface area contributed by atoms with Gasteiger partial charge in [-0.2, -0.15) is 5.10 Å². The van der Waals surface area contributed by atoms with Crippen LogP contribution in [0.15, 0.2) is 46.5 Å². The Morgan fingerprint density at radius 1 is 1.08 bits per heavy atom. The normalized spacial score (nSPS) is 12.7. The summed E-state index contributed by atoms with van der Waals surface area (Å²) in [5.41, 5.74) is 1.71. The van der Waals surface area contributed by atoms with E-state index in [0.29, 0.717) is 42.3 Å². The van der Waals surface area contributed by atoms with Gasteiger partial charge in [0, 0.05) is 47.4 Å². The lowest BCUT2D eigenvalue weighted by Crippen LogP contribution is -2.29. The molecule has 11 nitrogen and oxygen atoms in total. The molecule has 0 bridgehead atoms. The fourth-order valence-corrected chi connectivity index (χ4v) is 3.99. The minimum Gasteiger partial charge on any atom is -0.465 e. The molecule has 12 heteroatoms. The Labute approximate surface area is 213 Å². The molecule has 4 rings (SSSR count). The van der Waals surface area contributed by atoms with E-state index in [4.69, 9.17) is 4.74 Å². The largest absolute Gasteiger partial charge is 0.465 e. The second-order valence-corrected chi connectivity index (χ2v) is 9.32. The van der Waals surface area contributed by atoms with Crippen LogP contribution in [0.5, 0.6) is 0 Å². The van der Waals surface area contributed by atoms with Crippen molar-refractivity contribution in [3.05, 3.63) is 42.1 Å². The minimum absolute atomic E-state index is 0.0820. The van der Waals surface area contributed by atoms with Gasteiger partial charge in [0.05, 0.1) is 13.2 Å². The van der Waals surface area contributed by atoms with Crippen molar-refractivity contribution >= 4 is 46.8 Å². The predicted molar refractivity (Wildman–Crippen MR) is 139 cm³/mol. The number of aryl methyl sites for hydroxylation is 1. The molecule has 1 aliphatic rings. The number of rotatable bonds is 13. The third-order valence-corrected chi connectivity index (χ3v) is 6.00. The summed E-state index contributed by atoms with van der Waals surface area (Å²) < 4.78 is 4.91. The number of aromatic nitrogens is 4. The van der Waals surface area contributed by atoms with Gasteiger partial charge in [-0.1, -0.05) is 0 Å². The summed E-state index contributed by atoms with van der Waals surface area (Å²) in [4.78, 5) is 33.6. The molecule has 1 aliphatic carbocycles. The maximum Gasteiger partial charge on any atom is 0.319 e. The average molecular weight is 511 g/mol. The predicted octanol–water partition coefficient (Wildman–Crippen LogP) is 3.32. The van der Waals surface area contributed by atoms with Crippen molar-refractivity contribution in [2.75, 3.05) is 42.2 Å². The van der Waals surface area contributed by atoms with Gasteiger partial charge in [-0.25, -0.2) is 9.97 Å². The number of amides is 1. The number of hydrogen-bond acceptors (Lipinski definition) is 10. The van der Waals surface area contributed by atoms with Gasteiger partial charge in [-0.05, 0) is 62.7 Å². The van der Waals surface area contributed by atoms with E-state index < -0.39 is 0 Å². The van der Waals surface area contributed by atoms with Gasteiger partial charge in [0.25, 0.3) is 0 Å². The monoisotopic (exact) mass is 510 g/mol. The molecular weight excluding hydrogens is 480 g/mol. The molecular formula is C24H30N8O3S. The summed E-state index contributed by atoms with van der Waals surface area (Å²) in [6.07, 6.45) is 1.94. The summed E-state index contributed by atoms with van der Waals surface area (Å²) in [5.74, 6) is 1.84. The molecule has 190 valence electrons. The number of esters is 1. The number of hydrogen-bond donors (Lipinski definition) is 5. The van der Waals surface area contributed by atoms with Crippen molar-refractivity contribution in [2.24, 2.45) is 5.92 Å². The molecule has 2 heterocycles. The number of ether oxygens (including phenoxy) is 1. The molecule has 0 aliphatic heterocycles. The Hall–Kier alpha value is -3.64. The zero-order valence-corrected chi connectivity index (χ0v) is 21.1. The van der Waals surface area contributed by atoms with E-state index in [-0.39, 0.29) is 24.3 Å². The first-order valence-corrected chi connectivity index (χ1v) is 12.7. The van der Waals surface area contributed by atoms with E-state index in [1.165, 1.54) is 11.8 Å². The molecule has 1 amide bonds. The highest BCUT2D eigenvalue weighted by Gasteiger charge is 2.29. The first-order valence-electron chi connectivity index (χ1n) is 11.9. The number of carbonyl (C=O) groups excluding carboxylic acids is 2. The molecule has 1 aromatic carbocycles. The van der Waals surface area contributed by atoms with Gasteiger partial charge in [0.1, 0.15) is 11.6 Å². The van der Waals surface area contributed by atoms with E-state index in [0.717, 1.165) is 29.1 Å². The maximum absolute atomic E-state index is 12.0. The molecule has 0 radical (unpaired) electrons. The lowest BCUT2D eigenvalue weighted by molar-refractivity contribution is -0.142. The van der Waals surface area contributed by atoms with Crippen LogP contribution in [0.4, 0.5) is 23.1 Å². The Morgan fingerprint density at radius 3 is 2.56 bits per heavy atom. The van der Waals surface area contributed by atoms with Crippen molar-refractivity contribution < 1.29 is 14.3 Å². The van der Waals surface area contributed by atoms with Crippen LogP contribution in [0.3, 0.4) is 0 Å². The molecule has 0 saturated heterocycles. The second kappa shape index (κ2) is 12.4. The highest BCUT2D eigenvalue weighted by molar-refractivity contribution is 7.99. The number of anilines is 4. The van der Waals surface area contributed by atoms with E-state index >= 15 is 0 Å². The molecule has 0 spiro atoms. The third kappa shape index (κ3) is 7.95. The van der Waals surface area contributed by atoms with Crippen LogP contribution in [0.2, 0.25) is 0 Å². The summed E-state index contributed by atoms with van der Waals surface area (Å²) in [7, 11) is 0. The Morgan fingerprint density at radius 2 is 1.86 bits per heavy atom. The molecule has 2 aromatic heterocycles. The van der Waals surface area contributed by atoms with Crippen LogP contribution >= 0.6 is 11.8 Å². The molecule has 0 atom stereocenters. The second-order valence-electron chi connectivity index (χ2n) is 8.28. The summed E-state index contributed by atoms with van der Waals surface area (Å²) in [6.45, 7) is 5.33. The number of H-pyrrole nitrogens is 1. The summed E-state index contributed by atoms with van der Waals surface area (Å²) >= 11 is 1.41. The van der Waals surface area contributed by atoms with Gasteiger partial charge in [-0.15, -0.1) is 0 Å². The fraction of sp³-hybridized carbons (Fsp3) is 0.375. The van der Waals surface area contributed by atoms with Gasteiger partial charge in [0.2, 0.25) is 5.91 Å². The number of benzene rings is 1. The van der Waals surface area contributed by atoms with Crippen molar-refractivity contribution in [3.8, 4) is 0 Å². The highest BCUT2D eigenvalue weighted by atomic mass is 32.2. The SMILES string of the molecule is CCOC(=O)CNCCNc1cc(Nc2cc(C)[nH]n2)nc(Sc2ccc(NC(=O)C3CC3)cc2)n1. The Balaban J connectivity index is 1.40. The van der Waals surface area contributed by atoms with E-state index in [2.05, 4.69) is 41.4 Å². The molecule has 5 N–H and O–H groups in total. The lowest BCUT2D eigenvalue weighted by atomic mass is 10.3. The molecule has 1 saturated carbocycles. The minimum atomic E-state index is -0.280. The smallest absolute Gasteiger partial charge is 0.319 e. The molecule has 0 unspecified atom stereocenters. The average Bonchev–Trinajstić information content (AvgIpc) is 3.63. The van der Waals surface area contributed by atoms with E-state index in [9.17, 15) is 9.59 Å². The molecule has 36 heavy (non-hydrogen) atoms. The van der Waals surface area contributed by atoms with Crippen LogP contribution in [0.25, 0.3) is 0 Å². The zero-order chi connectivity index (χ0) is 25.3. The highest BCUT2D eigenvalue weighted by Crippen LogP contribution is 2.31. The third-order valence-electron chi connectivity index (χ3n) is 5.13. The first kappa shape index (κ1) is 25.5. The Bertz CT molecular complexity index is 1180. The number of carbonyl (C=O) groups is 2. The zero-order valence-electron chi connectivity index (χ0n) is 20.3. The van der Waals surface area contributed by atoms with Crippen LogP contribution in [-0.2, 0) is 14.3 Å². The van der Waals surface area contributed by atoms with Crippen molar-refractivity contribution in [1.82, 2.24) is 25.5 Å². The number of nitrogens with one attached hydrogen (secondary N) is 5. The number of aromatic amines is 1. The number of nitrogens with zero attached hydrogens (tertiary/aromatic N) is 3. The van der Waals surface area contributed by atoms with Crippen molar-refractivity contribution in [1.29, 1.82) is 0 Å². The summed E-state index contributed by atoms with van der Waals surface area (Å²) in [6, 6.07) is 11.3. The lowest BCUT2D eigenvalue weighted by Gasteiger charge is -2.11. The summed E-state index contributed by atoms with van der Waals surface area (Å²) in [5, 5.41) is 20.1. The van der Waals surface area contributed by atoms with Crippen molar-refractivity contribution in [3.63, 3.8) is 0 Å². The van der Waals surface area contributed by atoms with Crippen LogP contribution < -0.4 is 21.3 Å². The van der Waals surface area contributed by atoms with Crippen LogP contribution in [-0.4, -0.2) is 58.3 Å². The first-order chi connectivity index (χ1) is 17.5. The van der Waals surface area contributed by atoms with E-state index in [1.54, 1.807) is 13.0 Å². The Kier molecular flexibility index (Phi) is 8.74. The van der Waals surface area contributed by atoms with E-state index in [1.807, 2.05) is 37.3 Å². The van der Waals surface area contributed by atoms with Gasteiger partial charge >= 0.3 is 5.97 Å².